The van der Waals surface area contributed by atoms with Crippen LogP contribution in [0.3, 0.4) is 0 Å². The maximum Gasteiger partial charge on any atom is 0.196 e. The van der Waals surface area contributed by atoms with E-state index >= 15 is 0 Å². The van der Waals surface area contributed by atoms with Crippen molar-refractivity contribution in [3.05, 3.63) is 64.0 Å². The van der Waals surface area contributed by atoms with Gasteiger partial charge in [0.15, 0.2) is 22.5 Å². The highest BCUT2D eigenvalue weighted by Gasteiger charge is 2.22. The Morgan fingerprint density at radius 1 is 1.05 bits per heavy atom. The van der Waals surface area contributed by atoms with E-state index in [2.05, 4.69) is 0 Å². The number of benzene rings is 2. The molecule has 0 aliphatic carbocycles. The highest BCUT2D eigenvalue weighted by Crippen LogP contribution is 2.33. The Labute approximate surface area is 105 Å². The van der Waals surface area contributed by atoms with Gasteiger partial charge < -0.3 is 0 Å². The van der Waals surface area contributed by atoms with Crippen LogP contribution in [0.5, 0.6) is 0 Å². The first kappa shape index (κ1) is 12.9. The predicted molar refractivity (Wildman–Crippen MR) is 62.4 cm³/mol. The smallest absolute Gasteiger partial charge is 0.196 e. The lowest BCUT2D eigenvalue weighted by Gasteiger charge is -2.09. The molecule has 0 aromatic heterocycles. The number of nitro groups is 1. The van der Waals surface area contributed by atoms with Gasteiger partial charge in [-0.1, -0.05) is 30.3 Å². The molecule has 19 heavy (non-hydrogen) atoms. The van der Waals surface area contributed by atoms with Crippen LogP contribution in [0.1, 0.15) is 0 Å². The van der Waals surface area contributed by atoms with E-state index in [1.165, 1.54) is 12.1 Å². The van der Waals surface area contributed by atoms with Gasteiger partial charge in [0, 0.05) is 5.56 Å². The third-order valence-corrected chi connectivity index (χ3v) is 2.45. The van der Waals surface area contributed by atoms with Crippen molar-refractivity contribution in [3.8, 4) is 11.1 Å². The molecule has 0 radical (unpaired) electrons. The molecule has 0 bridgehead atoms. The van der Waals surface area contributed by atoms with Crippen LogP contribution in [0.15, 0.2) is 36.4 Å². The van der Waals surface area contributed by atoms with Gasteiger partial charge in [-0.05, 0) is 11.6 Å². The molecule has 0 aliphatic rings. The number of halogens is 3. The van der Waals surface area contributed by atoms with Gasteiger partial charge >= 0.3 is 0 Å². The molecule has 2 aromatic carbocycles. The molecule has 4 nitrogen and oxygen atoms in total. The summed E-state index contributed by atoms with van der Waals surface area (Å²) in [5.74, 6) is -4.80. The molecule has 0 aliphatic heterocycles. The second-order valence-corrected chi connectivity index (χ2v) is 3.64. The Morgan fingerprint density at radius 3 is 2.26 bits per heavy atom. The summed E-state index contributed by atoms with van der Waals surface area (Å²) in [5.41, 5.74) is 1.03. The number of hydrogen-bond acceptors (Lipinski definition) is 2. The fraction of sp³-hybridized carbons (Fsp3) is 0. The van der Waals surface area contributed by atoms with Crippen molar-refractivity contribution in [2.75, 3.05) is 5.43 Å². The summed E-state index contributed by atoms with van der Waals surface area (Å²) in [6, 6.07) is 8.54. The monoisotopic (exact) mass is 268 g/mol. The first-order valence-corrected chi connectivity index (χ1v) is 5.14. The molecule has 0 fully saturated rings. The molecule has 0 heterocycles. The van der Waals surface area contributed by atoms with Crippen molar-refractivity contribution >= 4 is 5.69 Å². The van der Waals surface area contributed by atoms with Crippen molar-refractivity contribution in [2.45, 2.75) is 0 Å². The Balaban J connectivity index is 2.68. The zero-order valence-corrected chi connectivity index (χ0v) is 9.36. The second-order valence-electron chi connectivity index (χ2n) is 3.64. The van der Waals surface area contributed by atoms with E-state index in [1.807, 2.05) is 0 Å². The molecule has 98 valence electrons. The maximum absolute atomic E-state index is 13.6. The van der Waals surface area contributed by atoms with Crippen LogP contribution in [0.2, 0.25) is 0 Å². The number of nitrogens with one attached hydrogen (secondary N) is 1. The van der Waals surface area contributed by atoms with Crippen LogP contribution >= 0.6 is 0 Å². The molecule has 2 aromatic rings. The molecule has 0 atom stereocenters. The van der Waals surface area contributed by atoms with Gasteiger partial charge in [-0.15, -0.1) is 5.43 Å². The number of rotatable bonds is 3. The van der Waals surface area contributed by atoms with Crippen LogP contribution in [0.25, 0.3) is 11.1 Å². The van der Waals surface area contributed by atoms with Crippen LogP contribution in [0, 0.1) is 27.6 Å². The zero-order chi connectivity index (χ0) is 14.0. The minimum absolute atomic E-state index is 0.131. The van der Waals surface area contributed by atoms with Gasteiger partial charge in [0.05, 0.1) is 0 Å². The van der Waals surface area contributed by atoms with Gasteiger partial charge in [0.2, 0.25) is 0 Å². The van der Waals surface area contributed by atoms with E-state index < -0.39 is 28.2 Å². The molecule has 7 heteroatoms. The standard InChI is InChI=1S/C12H7F3N2O2/c13-9-6-8(7-4-2-1-3-5-7)12(16-17(18)19)11(15)10(9)14/h1-6,16H. The molecule has 0 unspecified atom stereocenters. The first-order chi connectivity index (χ1) is 9.00. The van der Waals surface area contributed by atoms with Gasteiger partial charge in [-0.2, -0.15) is 0 Å². The van der Waals surface area contributed by atoms with E-state index in [4.69, 9.17) is 0 Å². The quantitative estimate of drug-likeness (QED) is 0.527. The molecule has 0 saturated heterocycles. The number of anilines is 1. The lowest BCUT2D eigenvalue weighted by atomic mass is 10.0. The van der Waals surface area contributed by atoms with Gasteiger partial charge in [0.1, 0.15) is 5.69 Å². The van der Waals surface area contributed by atoms with Crippen LogP contribution in [0.4, 0.5) is 18.9 Å². The molecular formula is C12H7F3N2O2. The fourth-order valence-corrected chi connectivity index (χ4v) is 1.64. The minimum Gasteiger partial charge on any atom is -0.235 e. The summed E-state index contributed by atoms with van der Waals surface area (Å²) < 4.78 is 39.9. The normalized spacial score (nSPS) is 10.3. The molecule has 1 N–H and O–H groups in total. The summed E-state index contributed by atoms with van der Waals surface area (Å²) in [5, 5.41) is 9.37. The average molecular weight is 268 g/mol. The summed E-state index contributed by atoms with van der Waals surface area (Å²) >= 11 is 0. The number of hydrazine groups is 1. The molecule has 0 saturated carbocycles. The van der Waals surface area contributed by atoms with Gasteiger partial charge in [-0.25, -0.2) is 23.3 Å². The predicted octanol–water partition coefficient (Wildman–Crippen LogP) is 3.37. The van der Waals surface area contributed by atoms with Gasteiger partial charge in [0.25, 0.3) is 0 Å². The molecule has 0 amide bonds. The Hall–Kier alpha value is -2.57. The van der Waals surface area contributed by atoms with Crippen molar-refractivity contribution < 1.29 is 18.2 Å². The number of hydrogen-bond donors (Lipinski definition) is 1. The summed E-state index contributed by atoms with van der Waals surface area (Å²) in [7, 11) is 0. The van der Waals surface area contributed by atoms with Gasteiger partial charge in [-0.3, -0.25) is 0 Å². The van der Waals surface area contributed by atoms with Crippen LogP contribution in [-0.2, 0) is 0 Å². The lowest BCUT2D eigenvalue weighted by Crippen LogP contribution is -2.12. The van der Waals surface area contributed by atoms with Crippen LogP contribution in [-0.4, -0.2) is 5.03 Å². The first-order valence-electron chi connectivity index (χ1n) is 5.14. The van der Waals surface area contributed by atoms with E-state index in [0.29, 0.717) is 11.6 Å². The topological polar surface area (TPSA) is 55.2 Å². The second kappa shape index (κ2) is 4.97. The third kappa shape index (κ3) is 2.49. The summed E-state index contributed by atoms with van der Waals surface area (Å²) in [6.45, 7) is 0. The Bertz CT molecular complexity index is 633. The zero-order valence-electron chi connectivity index (χ0n) is 9.36. The molecular weight excluding hydrogens is 261 g/mol. The van der Waals surface area contributed by atoms with Crippen molar-refractivity contribution in [2.24, 2.45) is 0 Å². The summed E-state index contributed by atoms with van der Waals surface area (Å²) in [4.78, 5) is 10.4. The third-order valence-electron chi connectivity index (χ3n) is 2.45. The average Bonchev–Trinajstić information content (AvgIpc) is 2.40. The highest BCUT2D eigenvalue weighted by atomic mass is 19.2. The lowest BCUT2D eigenvalue weighted by molar-refractivity contribution is -0.445. The van der Waals surface area contributed by atoms with Crippen molar-refractivity contribution in [3.63, 3.8) is 0 Å². The number of nitrogens with zero attached hydrogens (tertiary/aromatic N) is 1. The molecule has 0 spiro atoms. The maximum atomic E-state index is 13.6. The highest BCUT2D eigenvalue weighted by molar-refractivity contribution is 5.77. The minimum atomic E-state index is -1.76. The Morgan fingerprint density at radius 2 is 1.68 bits per heavy atom. The molecule has 2 rings (SSSR count). The van der Waals surface area contributed by atoms with E-state index in [0.717, 1.165) is 0 Å². The SMILES string of the molecule is O=[N+]([O-])Nc1c(-c2ccccc2)cc(F)c(F)c1F. The Kier molecular flexibility index (Phi) is 3.37. The van der Waals surface area contributed by atoms with Crippen molar-refractivity contribution in [1.82, 2.24) is 0 Å². The van der Waals surface area contributed by atoms with Crippen LogP contribution < -0.4 is 5.43 Å². The van der Waals surface area contributed by atoms with E-state index in [1.54, 1.807) is 23.6 Å². The van der Waals surface area contributed by atoms with E-state index in [-0.39, 0.29) is 5.56 Å². The van der Waals surface area contributed by atoms with E-state index in [9.17, 15) is 23.3 Å². The fourth-order valence-electron chi connectivity index (χ4n) is 1.64. The van der Waals surface area contributed by atoms with Crippen molar-refractivity contribution in [1.29, 1.82) is 0 Å². The summed E-state index contributed by atoms with van der Waals surface area (Å²) in [6.07, 6.45) is 0. The largest absolute Gasteiger partial charge is 0.235 e.